The fraction of sp³-hybridized carbons (Fsp3) is 0.400. The van der Waals surface area contributed by atoms with Gasteiger partial charge in [-0.05, 0) is 12.0 Å². The van der Waals surface area contributed by atoms with E-state index in [-0.39, 0.29) is 17.4 Å². The van der Waals surface area contributed by atoms with E-state index in [0.717, 1.165) is 5.56 Å². The number of nitrogens with two attached hydrogens (primary N) is 1. The smallest absolute Gasteiger partial charge is 0.264 e. The second kappa shape index (κ2) is 5.67. The van der Waals surface area contributed by atoms with Crippen molar-refractivity contribution in [3.05, 3.63) is 35.9 Å². The van der Waals surface area contributed by atoms with Crippen molar-refractivity contribution >= 4 is 22.7 Å². The van der Waals surface area contributed by atoms with Crippen molar-refractivity contribution in [3.8, 4) is 0 Å². The molecule has 0 bridgehead atoms. The molecular weight excluding hydrogens is 246 g/mol. The van der Waals surface area contributed by atoms with Crippen LogP contribution in [0, 0.1) is 0 Å². The molecule has 0 aliphatic carbocycles. The van der Waals surface area contributed by atoms with Crippen LogP contribution in [0.4, 0.5) is 0 Å². The first-order valence-corrected chi connectivity index (χ1v) is 6.96. The van der Waals surface area contributed by atoms with Crippen LogP contribution in [0.2, 0.25) is 0 Å². The van der Waals surface area contributed by atoms with E-state index < -0.39 is 16.2 Å². The molecule has 0 amide bonds. The number of hydrogen-bond donors (Lipinski definition) is 3. The quantitative estimate of drug-likeness (QED) is 0.550. The first kappa shape index (κ1) is 13.5. The molecule has 0 fully saturated rings. The lowest BCUT2D eigenvalue weighted by Crippen LogP contribution is -2.28. The third-order valence-electron chi connectivity index (χ3n) is 2.26. The summed E-state index contributed by atoms with van der Waals surface area (Å²) in [6.07, 6.45) is 0.182. The second-order valence-electron chi connectivity index (χ2n) is 3.59. The standard InChI is InChI=1S/C10H15NO3S2/c11-9(6-7-16(12,13)14)10(15)8-4-2-1-3-5-8/h1-5,9-10,15H,6-7,11H2,(H,12,13,14). The Labute approximate surface area is 101 Å². The van der Waals surface area contributed by atoms with E-state index in [0.29, 0.717) is 0 Å². The van der Waals surface area contributed by atoms with Crippen molar-refractivity contribution in [2.45, 2.75) is 17.7 Å². The average Bonchev–Trinajstić information content (AvgIpc) is 2.25. The zero-order valence-electron chi connectivity index (χ0n) is 8.65. The van der Waals surface area contributed by atoms with Crippen molar-refractivity contribution < 1.29 is 13.0 Å². The lowest BCUT2D eigenvalue weighted by Gasteiger charge is -2.18. The Morgan fingerprint density at radius 1 is 1.31 bits per heavy atom. The highest BCUT2D eigenvalue weighted by Gasteiger charge is 2.17. The molecule has 0 heterocycles. The Morgan fingerprint density at radius 2 is 1.88 bits per heavy atom. The Kier molecular flexibility index (Phi) is 4.79. The lowest BCUT2D eigenvalue weighted by atomic mass is 10.0. The summed E-state index contributed by atoms with van der Waals surface area (Å²) in [5, 5.41) is -0.233. The molecule has 0 spiro atoms. The van der Waals surface area contributed by atoms with Gasteiger partial charge in [0.1, 0.15) is 0 Å². The molecule has 1 aromatic rings. The van der Waals surface area contributed by atoms with Gasteiger partial charge in [-0.2, -0.15) is 21.0 Å². The molecule has 1 rings (SSSR count). The lowest BCUT2D eigenvalue weighted by molar-refractivity contribution is 0.476. The normalized spacial score (nSPS) is 15.7. The minimum atomic E-state index is -3.95. The second-order valence-corrected chi connectivity index (χ2v) is 5.72. The van der Waals surface area contributed by atoms with E-state index >= 15 is 0 Å². The van der Waals surface area contributed by atoms with E-state index in [1.807, 2.05) is 30.3 Å². The highest BCUT2D eigenvalue weighted by Crippen LogP contribution is 2.24. The van der Waals surface area contributed by atoms with E-state index in [4.69, 9.17) is 10.3 Å². The van der Waals surface area contributed by atoms with Gasteiger partial charge in [-0.3, -0.25) is 4.55 Å². The summed E-state index contributed by atoms with van der Waals surface area (Å²) in [4.78, 5) is 0. The summed E-state index contributed by atoms with van der Waals surface area (Å²) in [6, 6.07) is 8.97. The average molecular weight is 261 g/mol. The monoisotopic (exact) mass is 261 g/mol. The van der Waals surface area contributed by atoms with Crippen LogP contribution in [0.15, 0.2) is 30.3 Å². The summed E-state index contributed by atoms with van der Waals surface area (Å²) < 4.78 is 29.8. The van der Waals surface area contributed by atoms with E-state index in [1.165, 1.54) is 0 Å². The zero-order valence-corrected chi connectivity index (χ0v) is 10.4. The van der Waals surface area contributed by atoms with Crippen LogP contribution in [0.5, 0.6) is 0 Å². The Bertz CT molecular complexity index is 419. The minimum absolute atomic E-state index is 0.182. The van der Waals surface area contributed by atoms with E-state index in [2.05, 4.69) is 12.6 Å². The summed E-state index contributed by atoms with van der Waals surface area (Å²) in [5.41, 5.74) is 6.74. The first-order chi connectivity index (χ1) is 7.40. The highest BCUT2D eigenvalue weighted by atomic mass is 32.2. The van der Waals surface area contributed by atoms with Gasteiger partial charge in [0.25, 0.3) is 10.1 Å². The molecule has 4 nitrogen and oxygen atoms in total. The Balaban J connectivity index is 2.58. The van der Waals surface area contributed by atoms with Crippen molar-refractivity contribution in [1.29, 1.82) is 0 Å². The van der Waals surface area contributed by atoms with Crippen LogP contribution >= 0.6 is 12.6 Å². The third kappa shape index (κ3) is 4.52. The molecular formula is C10H15NO3S2. The zero-order chi connectivity index (χ0) is 12.2. The molecule has 0 aliphatic rings. The van der Waals surface area contributed by atoms with E-state index in [1.54, 1.807) is 0 Å². The summed E-state index contributed by atoms with van der Waals surface area (Å²) in [6.45, 7) is 0. The number of hydrogen-bond acceptors (Lipinski definition) is 4. The van der Waals surface area contributed by atoms with Crippen LogP contribution < -0.4 is 5.73 Å². The molecule has 0 radical (unpaired) electrons. The minimum Gasteiger partial charge on any atom is -0.326 e. The van der Waals surface area contributed by atoms with Crippen LogP contribution in [-0.4, -0.2) is 24.8 Å². The summed E-state index contributed by atoms with van der Waals surface area (Å²) in [5.74, 6) is -0.335. The fourth-order valence-electron chi connectivity index (χ4n) is 1.34. The summed E-state index contributed by atoms with van der Waals surface area (Å²) in [7, 11) is -3.95. The molecule has 0 aliphatic heterocycles. The maximum absolute atomic E-state index is 10.6. The van der Waals surface area contributed by atoms with Gasteiger partial charge in [-0.15, -0.1) is 0 Å². The van der Waals surface area contributed by atoms with Gasteiger partial charge in [0, 0.05) is 11.3 Å². The third-order valence-corrected chi connectivity index (χ3v) is 3.69. The van der Waals surface area contributed by atoms with Crippen LogP contribution in [0.1, 0.15) is 17.2 Å². The van der Waals surface area contributed by atoms with Gasteiger partial charge >= 0.3 is 0 Å². The van der Waals surface area contributed by atoms with Gasteiger partial charge in [0.05, 0.1) is 5.75 Å². The number of benzene rings is 1. The van der Waals surface area contributed by atoms with Crippen molar-refractivity contribution in [2.75, 3.05) is 5.75 Å². The largest absolute Gasteiger partial charge is 0.326 e. The number of rotatable bonds is 5. The Hall–Kier alpha value is -0.560. The van der Waals surface area contributed by atoms with Crippen molar-refractivity contribution in [3.63, 3.8) is 0 Å². The van der Waals surface area contributed by atoms with Crippen molar-refractivity contribution in [1.82, 2.24) is 0 Å². The molecule has 0 saturated carbocycles. The van der Waals surface area contributed by atoms with Gasteiger partial charge in [0.15, 0.2) is 0 Å². The Morgan fingerprint density at radius 3 is 2.38 bits per heavy atom. The fourth-order valence-corrected chi connectivity index (χ4v) is 2.23. The molecule has 0 aromatic heterocycles. The van der Waals surface area contributed by atoms with Gasteiger partial charge < -0.3 is 5.73 Å². The maximum Gasteiger partial charge on any atom is 0.264 e. The predicted octanol–water partition coefficient (Wildman–Crippen LogP) is 1.26. The maximum atomic E-state index is 10.6. The molecule has 16 heavy (non-hydrogen) atoms. The molecule has 6 heteroatoms. The summed E-state index contributed by atoms with van der Waals surface area (Å²) >= 11 is 4.34. The molecule has 90 valence electrons. The van der Waals surface area contributed by atoms with Gasteiger partial charge in [-0.1, -0.05) is 30.3 Å². The molecule has 0 saturated heterocycles. The van der Waals surface area contributed by atoms with Gasteiger partial charge in [-0.25, -0.2) is 0 Å². The topological polar surface area (TPSA) is 80.4 Å². The SMILES string of the molecule is NC(CCS(=O)(=O)O)C(S)c1ccccc1. The van der Waals surface area contributed by atoms with E-state index in [9.17, 15) is 8.42 Å². The predicted molar refractivity (Wildman–Crippen MR) is 67.2 cm³/mol. The molecule has 3 N–H and O–H groups in total. The molecule has 2 atom stereocenters. The molecule has 1 aromatic carbocycles. The van der Waals surface area contributed by atoms with Gasteiger partial charge in [0.2, 0.25) is 0 Å². The van der Waals surface area contributed by atoms with Crippen LogP contribution in [0.25, 0.3) is 0 Å². The molecule has 2 unspecified atom stereocenters. The first-order valence-electron chi connectivity index (χ1n) is 4.84. The highest BCUT2D eigenvalue weighted by molar-refractivity contribution is 7.85. The van der Waals surface area contributed by atoms with Crippen LogP contribution in [-0.2, 0) is 10.1 Å². The number of thiol groups is 1. The van der Waals surface area contributed by atoms with Crippen molar-refractivity contribution in [2.24, 2.45) is 5.73 Å². The van der Waals surface area contributed by atoms with Crippen LogP contribution in [0.3, 0.4) is 0 Å².